The van der Waals surface area contributed by atoms with E-state index < -0.39 is 11.7 Å². The molecule has 2 amide bonds. The molecule has 1 aromatic heterocycles. The minimum absolute atomic E-state index is 0.0553. The number of likely N-dealkylation sites (N-methyl/N-ethyl adjacent to an activating group) is 1. The Labute approximate surface area is 203 Å². The molecule has 1 fully saturated rings. The lowest BCUT2D eigenvalue weighted by Crippen LogP contribution is -2.57. The minimum atomic E-state index is -0.745. The zero-order valence-electron chi connectivity index (χ0n) is 20.3. The van der Waals surface area contributed by atoms with Gasteiger partial charge in [-0.05, 0) is 56.2 Å². The summed E-state index contributed by atoms with van der Waals surface area (Å²) >= 11 is 0. The van der Waals surface area contributed by atoms with Crippen LogP contribution in [0.1, 0.15) is 45.7 Å². The predicted octanol–water partition coefficient (Wildman–Crippen LogP) is 2.47. The van der Waals surface area contributed by atoms with Gasteiger partial charge in [0.05, 0.1) is 11.1 Å². The van der Waals surface area contributed by atoms with E-state index in [0.717, 1.165) is 11.1 Å². The molecule has 2 heterocycles. The van der Waals surface area contributed by atoms with Crippen LogP contribution in [0, 0.1) is 12.7 Å². The molecule has 3 N–H and O–H groups in total. The molecule has 2 atom stereocenters. The van der Waals surface area contributed by atoms with Crippen molar-refractivity contribution in [3.8, 4) is 0 Å². The number of ketones is 1. The summed E-state index contributed by atoms with van der Waals surface area (Å²) in [6.07, 6.45) is 1.41. The van der Waals surface area contributed by atoms with Crippen LogP contribution < -0.4 is 11.2 Å². The van der Waals surface area contributed by atoms with E-state index in [2.05, 4.69) is 17.1 Å². The number of carbonyl (C=O) groups is 3. The fourth-order valence-electron chi connectivity index (χ4n) is 4.73. The number of benzene rings is 2. The van der Waals surface area contributed by atoms with Gasteiger partial charge in [-0.3, -0.25) is 24.0 Å². The molecule has 1 aliphatic rings. The normalized spacial score (nSPS) is 18.6. The van der Waals surface area contributed by atoms with E-state index in [1.807, 2.05) is 18.7 Å². The van der Waals surface area contributed by atoms with Gasteiger partial charge in [0.25, 0.3) is 17.6 Å². The first-order valence-electron chi connectivity index (χ1n) is 11.6. The summed E-state index contributed by atoms with van der Waals surface area (Å²) in [5.74, 6) is 4.19. The number of piperazine rings is 1. The molecule has 0 aliphatic carbocycles. The number of nitrogens with one attached hydrogen (secondary N) is 1. The van der Waals surface area contributed by atoms with E-state index >= 15 is 0 Å². The van der Waals surface area contributed by atoms with Gasteiger partial charge in [0.15, 0.2) is 0 Å². The van der Waals surface area contributed by atoms with E-state index in [9.17, 15) is 18.8 Å². The van der Waals surface area contributed by atoms with Gasteiger partial charge in [-0.2, -0.15) is 0 Å². The number of carbonyl (C=O) groups excluding carboxylic acids is 3. The molecule has 35 heavy (non-hydrogen) atoms. The molecule has 184 valence electrons. The molecule has 4 rings (SSSR count). The van der Waals surface area contributed by atoms with E-state index in [1.165, 1.54) is 30.1 Å². The number of rotatable bonds is 5. The lowest BCUT2D eigenvalue weighted by molar-refractivity contribution is -0.116. The molecule has 1 saturated heterocycles. The van der Waals surface area contributed by atoms with Crippen LogP contribution in [0.25, 0.3) is 10.9 Å². The third-order valence-electron chi connectivity index (χ3n) is 6.76. The molecular weight excluding hydrogens is 449 g/mol. The lowest BCUT2D eigenvalue weighted by atomic mass is 9.99. The number of aromatic nitrogens is 1. The van der Waals surface area contributed by atoms with Crippen molar-refractivity contribution < 1.29 is 18.8 Å². The molecule has 8 nitrogen and oxygen atoms in total. The number of halogens is 1. The molecular formula is C26H30FN5O3. The van der Waals surface area contributed by atoms with Crippen LogP contribution in [-0.2, 0) is 11.3 Å². The highest BCUT2D eigenvalue weighted by molar-refractivity contribution is 6.45. The molecule has 0 radical (unpaired) electrons. The quantitative estimate of drug-likeness (QED) is 0.333. The van der Waals surface area contributed by atoms with Gasteiger partial charge in [0.1, 0.15) is 5.82 Å². The Bertz CT molecular complexity index is 1300. The van der Waals surface area contributed by atoms with Gasteiger partial charge in [0.2, 0.25) is 0 Å². The van der Waals surface area contributed by atoms with Gasteiger partial charge in [0, 0.05) is 55.9 Å². The average molecular weight is 480 g/mol. The van der Waals surface area contributed by atoms with Crippen molar-refractivity contribution >= 4 is 28.5 Å². The number of nitrogens with two attached hydrogens (primary N) is 1. The molecule has 2 aromatic carbocycles. The second-order valence-corrected chi connectivity index (χ2v) is 9.25. The Morgan fingerprint density at radius 3 is 2.40 bits per heavy atom. The monoisotopic (exact) mass is 479 g/mol. The smallest absolute Gasteiger partial charge is 0.292 e. The van der Waals surface area contributed by atoms with Crippen LogP contribution in [0.4, 0.5) is 4.39 Å². The third kappa shape index (κ3) is 4.64. The standard InChI is InChI=1S/C26H30FN5O3/c1-15-9-23-21(22(14-32(23)28)24(33)25(34)29-4)10-20(15)26(35)31-12-16(2)30(11-17(31)3)13-18-5-7-19(27)8-6-18/h5-10,14,16-17H,11-13,28H2,1-4H3,(H,29,34)/t16-,17+/m0/s1. The second-order valence-electron chi connectivity index (χ2n) is 9.25. The van der Waals surface area contributed by atoms with Gasteiger partial charge in [-0.25, -0.2) is 4.39 Å². The Morgan fingerprint density at radius 1 is 1.06 bits per heavy atom. The van der Waals surface area contributed by atoms with Crippen LogP contribution in [-0.4, -0.2) is 64.3 Å². The minimum Gasteiger partial charge on any atom is -0.352 e. The first kappa shape index (κ1) is 24.4. The molecule has 0 unspecified atom stereocenters. The van der Waals surface area contributed by atoms with Crippen molar-refractivity contribution in [2.75, 3.05) is 26.0 Å². The van der Waals surface area contributed by atoms with Gasteiger partial charge in [-0.15, -0.1) is 0 Å². The number of nitrogen functional groups attached to an aromatic ring is 1. The van der Waals surface area contributed by atoms with Crippen molar-refractivity contribution in [1.82, 2.24) is 19.8 Å². The fourth-order valence-corrected chi connectivity index (χ4v) is 4.73. The van der Waals surface area contributed by atoms with E-state index in [4.69, 9.17) is 5.84 Å². The van der Waals surface area contributed by atoms with Crippen molar-refractivity contribution in [3.05, 3.63) is 70.7 Å². The average Bonchev–Trinajstić information content (AvgIpc) is 3.15. The summed E-state index contributed by atoms with van der Waals surface area (Å²) in [6.45, 7) is 7.78. The highest BCUT2D eigenvalue weighted by atomic mass is 19.1. The number of fused-ring (bicyclic) bond motifs is 1. The van der Waals surface area contributed by atoms with Crippen LogP contribution in [0.2, 0.25) is 0 Å². The molecule has 0 spiro atoms. The topological polar surface area (TPSA) is 101 Å². The first-order chi connectivity index (χ1) is 16.6. The van der Waals surface area contributed by atoms with Crippen molar-refractivity contribution in [1.29, 1.82) is 0 Å². The van der Waals surface area contributed by atoms with E-state index in [1.54, 1.807) is 24.3 Å². The summed E-state index contributed by atoms with van der Waals surface area (Å²) in [5.41, 5.74) is 2.95. The largest absolute Gasteiger partial charge is 0.352 e. The van der Waals surface area contributed by atoms with Crippen molar-refractivity contribution in [2.45, 2.75) is 39.4 Å². The third-order valence-corrected chi connectivity index (χ3v) is 6.76. The number of hydrogen-bond donors (Lipinski definition) is 2. The Balaban J connectivity index is 1.60. The number of amides is 2. The molecule has 1 aliphatic heterocycles. The number of Topliss-reactive ketones (excluding diaryl/α,β-unsaturated/α-hetero) is 1. The van der Waals surface area contributed by atoms with Gasteiger partial charge < -0.3 is 16.1 Å². The molecule has 0 saturated carbocycles. The maximum atomic E-state index is 13.7. The highest BCUT2D eigenvalue weighted by Gasteiger charge is 2.33. The molecule has 3 aromatic rings. The summed E-state index contributed by atoms with van der Waals surface area (Å²) in [5, 5.41) is 2.80. The lowest BCUT2D eigenvalue weighted by Gasteiger charge is -2.44. The summed E-state index contributed by atoms with van der Waals surface area (Å²) in [4.78, 5) is 42.3. The summed E-state index contributed by atoms with van der Waals surface area (Å²) < 4.78 is 14.6. The first-order valence-corrected chi connectivity index (χ1v) is 11.6. The van der Waals surface area contributed by atoms with Gasteiger partial charge in [-0.1, -0.05) is 12.1 Å². The van der Waals surface area contributed by atoms with Crippen LogP contribution >= 0.6 is 0 Å². The summed E-state index contributed by atoms with van der Waals surface area (Å²) in [7, 11) is 1.39. The predicted molar refractivity (Wildman–Crippen MR) is 132 cm³/mol. The van der Waals surface area contributed by atoms with E-state index in [0.29, 0.717) is 36.1 Å². The summed E-state index contributed by atoms with van der Waals surface area (Å²) in [6, 6.07) is 9.95. The SMILES string of the molecule is CNC(=O)C(=O)c1cn(N)c2cc(C)c(C(=O)N3C[C@H](C)N(Cc4ccc(F)cc4)C[C@H]3C)cc12. The number of hydrogen-bond acceptors (Lipinski definition) is 5. The fraction of sp³-hybridized carbons (Fsp3) is 0.346. The highest BCUT2D eigenvalue weighted by Crippen LogP contribution is 2.27. The Hall–Kier alpha value is -3.72. The molecule has 0 bridgehead atoms. The van der Waals surface area contributed by atoms with Crippen molar-refractivity contribution in [2.24, 2.45) is 0 Å². The maximum absolute atomic E-state index is 13.7. The number of nitrogens with zero attached hydrogens (tertiary/aromatic N) is 3. The zero-order chi connectivity index (χ0) is 25.4. The van der Waals surface area contributed by atoms with Crippen molar-refractivity contribution in [3.63, 3.8) is 0 Å². The number of aryl methyl sites for hydroxylation is 1. The second kappa shape index (κ2) is 9.50. The van der Waals surface area contributed by atoms with Crippen LogP contribution in [0.3, 0.4) is 0 Å². The Morgan fingerprint density at radius 2 is 1.74 bits per heavy atom. The van der Waals surface area contributed by atoms with Gasteiger partial charge >= 0.3 is 0 Å². The van der Waals surface area contributed by atoms with E-state index in [-0.39, 0.29) is 29.4 Å². The van der Waals surface area contributed by atoms with Crippen LogP contribution in [0.15, 0.2) is 42.6 Å². The van der Waals surface area contributed by atoms with Crippen LogP contribution in [0.5, 0.6) is 0 Å². The Kier molecular flexibility index (Phi) is 6.62. The molecule has 9 heteroatoms. The maximum Gasteiger partial charge on any atom is 0.292 e. The zero-order valence-corrected chi connectivity index (χ0v) is 20.3.